The Morgan fingerprint density at radius 1 is 1.06 bits per heavy atom. The van der Waals surface area contributed by atoms with Crippen molar-refractivity contribution in [3.8, 4) is 16.9 Å². The van der Waals surface area contributed by atoms with Crippen molar-refractivity contribution < 1.29 is 17.6 Å². The maximum absolute atomic E-state index is 13.6. The first-order chi connectivity index (χ1) is 16.9. The highest BCUT2D eigenvalue weighted by Gasteiger charge is 2.30. The third kappa shape index (κ3) is 4.41. The highest BCUT2D eigenvalue weighted by atomic mass is 32.2. The summed E-state index contributed by atoms with van der Waals surface area (Å²) in [6, 6.07) is 17.2. The summed E-state index contributed by atoms with van der Waals surface area (Å²) in [6.45, 7) is 0. The molecule has 35 heavy (non-hydrogen) atoms. The fraction of sp³-hybridized carbons (Fsp3) is 0.286. The molecule has 7 heteroatoms. The maximum Gasteiger partial charge on any atom is 0.163 e. The van der Waals surface area contributed by atoms with E-state index in [1.165, 1.54) is 30.7 Å². The number of carbonyl (C=O) groups is 1. The molecule has 1 aliphatic heterocycles. The Hall–Kier alpha value is -3.32. The first-order valence-electron chi connectivity index (χ1n) is 12.0. The third-order valence-corrected chi connectivity index (χ3v) is 8.97. The van der Waals surface area contributed by atoms with Gasteiger partial charge >= 0.3 is 0 Å². The van der Waals surface area contributed by atoms with E-state index < -0.39 is 15.7 Å². The minimum atomic E-state index is -3.03. The van der Waals surface area contributed by atoms with Crippen molar-refractivity contribution in [1.82, 2.24) is 9.55 Å². The molecule has 178 valence electrons. The number of sulfone groups is 1. The zero-order chi connectivity index (χ0) is 24.2. The van der Waals surface area contributed by atoms with Gasteiger partial charge in [-0.1, -0.05) is 36.4 Å². The number of rotatable bonds is 6. The average molecular weight is 489 g/mol. The Morgan fingerprint density at radius 2 is 1.91 bits per heavy atom. The fourth-order valence-corrected chi connectivity index (χ4v) is 6.98. The molecular weight excluding hydrogens is 463 g/mol. The van der Waals surface area contributed by atoms with Gasteiger partial charge in [-0.05, 0) is 60.4 Å². The summed E-state index contributed by atoms with van der Waals surface area (Å²) in [4.78, 5) is 17.4. The maximum atomic E-state index is 13.6. The number of aromatic nitrogens is 2. The minimum Gasteiger partial charge on any atom is -0.301 e. The van der Waals surface area contributed by atoms with Crippen LogP contribution in [0.1, 0.15) is 47.5 Å². The molecule has 0 N–H and O–H groups in total. The van der Waals surface area contributed by atoms with Crippen LogP contribution in [0.2, 0.25) is 0 Å². The molecule has 4 aromatic rings. The summed E-state index contributed by atoms with van der Waals surface area (Å²) in [5.41, 5.74) is 4.80. The summed E-state index contributed by atoms with van der Waals surface area (Å²) in [6.07, 6.45) is 6.37. The summed E-state index contributed by atoms with van der Waals surface area (Å²) >= 11 is 0. The topological polar surface area (TPSA) is 69.0 Å². The highest BCUT2D eigenvalue weighted by Crippen LogP contribution is 2.42. The van der Waals surface area contributed by atoms with Crippen molar-refractivity contribution in [2.24, 2.45) is 5.92 Å². The zero-order valence-electron chi connectivity index (χ0n) is 19.2. The Morgan fingerprint density at radius 3 is 2.63 bits per heavy atom. The lowest BCUT2D eigenvalue weighted by atomic mass is 9.96. The molecule has 1 saturated heterocycles. The van der Waals surface area contributed by atoms with E-state index in [4.69, 9.17) is 0 Å². The number of halogens is 1. The van der Waals surface area contributed by atoms with E-state index in [1.807, 2.05) is 29.0 Å². The summed E-state index contributed by atoms with van der Waals surface area (Å²) in [5.74, 6) is 0.828. The number of ketones is 1. The summed E-state index contributed by atoms with van der Waals surface area (Å²) in [5, 5.41) is 0.976. The molecule has 5 nitrogen and oxygen atoms in total. The number of hydrogen-bond donors (Lipinski definition) is 0. The van der Waals surface area contributed by atoms with Gasteiger partial charge in [0, 0.05) is 29.1 Å². The van der Waals surface area contributed by atoms with Crippen molar-refractivity contribution in [2.75, 3.05) is 11.5 Å². The van der Waals surface area contributed by atoms with Gasteiger partial charge < -0.3 is 4.57 Å². The van der Waals surface area contributed by atoms with Gasteiger partial charge in [0.15, 0.2) is 15.6 Å². The quantitative estimate of drug-likeness (QED) is 0.326. The smallest absolute Gasteiger partial charge is 0.163 e. The van der Waals surface area contributed by atoms with Crippen LogP contribution in [0.5, 0.6) is 0 Å². The van der Waals surface area contributed by atoms with Crippen molar-refractivity contribution >= 4 is 26.5 Å². The van der Waals surface area contributed by atoms with Gasteiger partial charge in [-0.2, -0.15) is 0 Å². The van der Waals surface area contributed by atoms with E-state index in [0.717, 1.165) is 22.0 Å². The lowest BCUT2D eigenvalue weighted by molar-refractivity contribution is 0.0966. The molecule has 2 fully saturated rings. The molecule has 1 atom stereocenters. The Balaban J connectivity index is 1.43. The third-order valence-electron chi connectivity index (χ3n) is 7.13. The highest BCUT2D eigenvalue weighted by molar-refractivity contribution is 7.91. The Labute approximate surface area is 203 Å². The van der Waals surface area contributed by atoms with Gasteiger partial charge in [-0.15, -0.1) is 0 Å². The molecule has 6 rings (SSSR count). The second-order valence-electron chi connectivity index (χ2n) is 9.78. The first-order valence-corrected chi connectivity index (χ1v) is 13.8. The van der Waals surface area contributed by atoms with E-state index in [1.54, 1.807) is 6.07 Å². The van der Waals surface area contributed by atoms with Gasteiger partial charge in [0.1, 0.15) is 11.6 Å². The van der Waals surface area contributed by atoms with Crippen LogP contribution >= 0.6 is 0 Å². The van der Waals surface area contributed by atoms with Crippen molar-refractivity contribution in [3.05, 3.63) is 83.9 Å². The predicted molar refractivity (Wildman–Crippen MR) is 134 cm³/mol. The van der Waals surface area contributed by atoms with Gasteiger partial charge in [0.05, 0.1) is 23.2 Å². The van der Waals surface area contributed by atoms with Crippen LogP contribution in [0.3, 0.4) is 0 Å². The molecular formula is C28H25FN2O3S. The molecule has 1 aliphatic carbocycles. The molecule has 0 amide bonds. The number of Topliss-reactive ketones (excluding diaryl/α,β-unsaturated/α-hetero) is 1. The molecule has 1 unspecified atom stereocenters. The van der Waals surface area contributed by atoms with Crippen LogP contribution in [-0.2, 0) is 9.84 Å². The largest absolute Gasteiger partial charge is 0.301 e. The van der Waals surface area contributed by atoms with E-state index in [0.29, 0.717) is 23.7 Å². The SMILES string of the molecule is O=C(CC1CCS(=O)(=O)C1)c1ccc2c(-c3cccc(C4CC4)c3)cn(-c3ccc(F)cn3)c2c1. The number of hydrogen-bond acceptors (Lipinski definition) is 4. The summed E-state index contributed by atoms with van der Waals surface area (Å²) in [7, 11) is -3.03. The number of pyridine rings is 1. The molecule has 2 aliphatic rings. The van der Waals surface area contributed by atoms with Gasteiger partial charge in [0.25, 0.3) is 0 Å². The number of benzene rings is 2. The van der Waals surface area contributed by atoms with E-state index in [-0.39, 0.29) is 29.6 Å². The van der Waals surface area contributed by atoms with Crippen molar-refractivity contribution in [1.29, 1.82) is 0 Å². The molecule has 3 heterocycles. The lowest BCUT2D eigenvalue weighted by Crippen LogP contribution is -2.11. The fourth-order valence-electron chi connectivity index (χ4n) is 5.12. The van der Waals surface area contributed by atoms with Crippen molar-refractivity contribution in [2.45, 2.75) is 31.6 Å². The van der Waals surface area contributed by atoms with E-state index in [9.17, 15) is 17.6 Å². The molecule has 0 radical (unpaired) electrons. The normalized spacial score (nSPS) is 19.3. The standard InChI is InChI=1S/C28H25FN2O3S/c29-23-7-9-28(30-15-23)31-16-25(21-3-1-2-20(13-21)19-4-5-19)24-8-6-22(14-26(24)31)27(32)12-18-10-11-35(33,34)17-18/h1-3,6-9,13-16,18-19H,4-5,10-12,17H2. The molecule has 0 spiro atoms. The number of nitrogens with zero attached hydrogens (tertiary/aromatic N) is 2. The average Bonchev–Trinajstić information content (AvgIpc) is 3.55. The molecule has 1 saturated carbocycles. The molecule has 2 aromatic carbocycles. The van der Waals surface area contributed by atoms with Crippen LogP contribution < -0.4 is 0 Å². The Bertz CT molecular complexity index is 1550. The minimum absolute atomic E-state index is 0.0638. The van der Waals surface area contributed by atoms with Crippen LogP contribution in [0, 0.1) is 11.7 Å². The zero-order valence-corrected chi connectivity index (χ0v) is 20.0. The van der Waals surface area contributed by atoms with E-state index in [2.05, 4.69) is 29.2 Å². The first kappa shape index (κ1) is 22.2. The number of fused-ring (bicyclic) bond motifs is 1. The predicted octanol–water partition coefficient (Wildman–Crippen LogP) is 5.72. The van der Waals surface area contributed by atoms with Crippen molar-refractivity contribution in [3.63, 3.8) is 0 Å². The second kappa shape index (κ2) is 8.41. The second-order valence-corrected chi connectivity index (χ2v) is 12.0. The van der Waals surface area contributed by atoms with Gasteiger partial charge in [-0.25, -0.2) is 17.8 Å². The Kier molecular flexibility index (Phi) is 5.33. The van der Waals surface area contributed by atoms with Crippen LogP contribution in [0.25, 0.3) is 27.8 Å². The van der Waals surface area contributed by atoms with Gasteiger partial charge in [0.2, 0.25) is 0 Å². The van der Waals surface area contributed by atoms with Crippen LogP contribution in [0.4, 0.5) is 4.39 Å². The monoisotopic (exact) mass is 488 g/mol. The lowest BCUT2D eigenvalue weighted by Gasteiger charge is -2.09. The van der Waals surface area contributed by atoms with Gasteiger partial charge in [-0.3, -0.25) is 4.79 Å². The number of carbonyl (C=O) groups excluding carboxylic acids is 1. The molecule has 0 bridgehead atoms. The summed E-state index contributed by atoms with van der Waals surface area (Å²) < 4.78 is 39.1. The van der Waals surface area contributed by atoms with Crippen LogP contribution in [0.15, 0.2) is 67.0 Å². The molecule has 2 aromatic heterocycles. The van der Waals surface area contributed by atoms with E-state index >= 15 is 0 Å². The van der Waals surface area contributed by atoms with Crippen LogP contribution in [-0.4, -0.2) is 35.3 Å².